The highest BCUT2D eigenvalue weighted by atomic mass is 35.5. The zero-order valence-electron chi connectivity index (χ0n) is 12.1. The molecule has 0 bridgehead atoms. The van der Waals surface area contributed by atoms with Crippen LogP contribution >= 0.6 is 11.6 Å². The first kappa shape index (κ1) is 18.4. The molecular weight excluding hydrogens is 366 g/mol. The highest BCUT2D eigenvalue weighted by molar-refractivity contribution is 7.90. The first-order chi connectivity index (χ1) is 10.6. The van der Waals surface area contributed by atoms with E-state index >= 15 is 0 Å². The summed E-state index contributed by atoms with van der Waals surface area (Å²) in [6.07, 6.45) is 2.14. The average Bonchev–Trinajstić information content (AvgIpc) is 2.40. The Morgan fingerprint density at radius 3 is 2.57 bits per heavy atom. The van der Waals surface area contributed by atoms with Crippen LogP contribution in [0, 0.1) is 0 Å². The number of halogens is 1. The lowest BCUT2D eigenvalue weighted by molar-refractivity contribution is 0.282. The lowest BCUT2D eigenvalue weighted by Gasteiger charge is -2.28. The van der Waals surface area contributed by atoms with Crippen molar-refractivity contribution in [3.05, 3.63) is 17.2 Å². The Kier molecular flexibility index (Phi) is 5.54. The van der Waals surface area contributed by atoms with Gasteiger partial charge in [-0.2, -0.15) is 4.72 Å². The number of aliphatic hydroxyl groups excluding tert-OH is 1. The molecule has 1 aromatic carbocycles. The van der Waals surface area contributed by atoms with Gasteiger partial charge in [-0.25, -0.2) is 22.0 Å². The van der Waals surface area contributed by atoms with E-state index in [4.69, 9.17) is 21.8 Å². The lowest BCUT2D eigenvalue weighted by atomic mass is 10.1. The van der Waals surface area contributed by atoms with Crippen LogP contribution in [0.1, 0.15) is 25.7 Å². The Hall–Kier alpha value is -0.910. The van der Waals surface area contributed by atoms with Gasteiger partial charge in [0.15, 0.2) is 0 Å². The molecule has 0 aromatic heterocycles. The van der Waals surface area contributed by atoms with Gasteiger partial charge in [0.2, 0.25) is 20.0 Å². The monoisotopic (exact) mass is 383 g/mol. The second-order valence-corrected chi connectivity index (χ2v) is 8.83. The third-order valence-corrected chi connectivity index (χ3v) is 6.30. The second kappa shape index (κ2) is 6.91. The molecule has 0 fully saturated rings. The molecule has 23 heavy (non-hydrogen) atoms. The zero-order valence-corrected chi connectivity index (χ0v) is 14.5. The Bertz CT molecular complexity index is 795. The molecule has 1 heterocycles. The van der Waals surface area contributed by atoms with Crippen molar-refractivity contribution in [2.24, 2.45) is 5.14 Å². The van der Waals surface area contributed by atoms with E-state index in [0.717, 1.165) is 18.9 Å². The summed E-state index contributed by atoms with van der Waals surface area (Å²) >= 11 is 5.89. The van der Waals surface area contributed by atoms with Crippen LogP contribution < -0.4 is 15.2 Å². The highest BCUT2D eigenvalue weighted by Crippen LogP contribution is 2.34. The number of sulfonamides is 2. The summed E-state index contributed by atoms with van der Waals surface area (Å²) in [5.41, 5.74) is 0.230. The standard InChI is InChI=1S/C12H18ClN3O5S2/c13-8-6-9-11(7-10(8)22(14,18)19)23(20,21)16-12(15-9)4-2-1-3-5-17/h6-7,12,15-17H,1-5H2,(H2,14,18,19). The molecule has 5 N–H and O–H groups in total. The number of benzene rings is 1. The van der Waals surface area contributed by atoms with E-state index in [9.17, 15) is 16.8 Å². The number of nitrogens with two attached hydrogens (primary N) is 1. The van der Waals surface area contributed by atoms with Gasteiger partial charge in [0.25, 0.3) is 0 Å². The minimum absolute atomic E-state index is 0.0958. The predicted molar refractivity (Wildman–Crippen MR) is 86.1 cm³/mol. The number of fused-ring (bicyclic) bond motifs is 1. The smallest absolute Gasteiger partial charge is 0.244 e. The van der Waals surface area contributed by atoms with Gasteiger partial charge in [0.05, 0.1) is 16.9 Å². The van der Waals surface area contributed by atoms with Gasteiger partial charge in [-0.05, 0) is 31.4 Å². The predicted octanol–water partition coefficient (Wildman–Crippen LogP) is 0.570. The summed E-state index contributed by atoms with van der Waals surface area (Å²) in [6, 6.07) is 2.19. The Morgan fingerprint density at radius 1 is 1.26 bits per heavy atom. The van der Waals surface area contributed by atoms with E-state index in [1.165, 1.54) is 6.07 Å². The van der Waals surface area contributed by atoms with Gasteiger partial charge in [-0.1, -0.05) is 18.0 Å². The molecule has 1 aliphatic rings. The van der Waals surface area contributed by atoms with Crippen molar-refractivity contribution in [3.8, 4) is 0 Å². The summed E-state index contributed by atoms with van der Waals surface area (Å²) in [7, 11) is -8.00. The van der Waals surface area contributed by atoms with Crippen LogP contribution in [0.4, 0.5) is 5.69 Å². The minimum atomic E-state index is -4.13. The number of primary sulfonamides is 1. The molecule has 1 aliphatic heterocycles. The SMILES string of the molecule is NS(=O)(=O)c1cc2c(cc1Cl)NC(CCCCCO)NS2(=O)=O. The highest BCUT2D eigenvalue weighted by Gasteiger charge is 2.31. The van der Waals surface area contributed by atoms with Crippen molar-refractivity contribution in [2.75, 3.05) is 11.9 Å². The lowest BCUT2D eigenvalue weighted by Crippen LogP contribution is -2.44. The van der Waals surface area contributed by atoms with Crippen molar-refractivity contribution in [1.82, 2.24) is 4.72 Å². The third kappa shape index (κ3) is 4.34. The van der Waals surface area contributed by atoms with Gasteiger partial charge in [0, 0.05) is 6.61 Å². The third-order valence-electron chi connectivity index (χ3n) is 3.41. The summed E-state index contributed by atoms with van der Waals surface area (Å²) in [5, 5.41) is 16.6. The minimum Gasteiger partial charge on any atom is -0.396 e. The van der Waals surface area contributed by atoms with Crippen molar-refractivity contribution in [2.45, 2.75) is 41.6 Å². The molecular formula is C12H18ClN3O5S2. The largest absolute Gasteiger partial charge is 0.396 e. The molecule has 130 valence electrons. The van der Waals surface area contributed by atoms with Gasteiger partial charge in [-0.3, -0.25) is 0 Å². The molecule has 2 rings (SSSR count). The molecule has 8 nitrogen and oxygen atoms in total. The van der Waals surface area contributed by atoms with E-state index in [-0.39, 0.29) is 22.2 Å². The van der Waals surface area contributed by atoms with Crippen molar-refractivity contribution in [1.29, 1.82) is 0 Å². The fourth-order valence-corrected chi connectivity index (χ4v) is 4.86. The molecule has 0 spiro atoms. The molecule has 1 unspecified atom stereocenters. The maximum absolute atomic E-state index is 12.3. The molecule has 0 amide bonds. The molecule has 0 saturated carbocycles. The van der Waals surface area contributed by atoms with Crippen molar-refractivity contribution >= 4 is 37.3 Å². The van der Waals surface area contributed by atoms with E-state index in [2.05, 4.69) is 10.0 Å². The van der Waals surface area contributed by atoms with Crippen LogP contribution in [0.15, 0.2) is 21.9 Å². The molecule has 0 radical (unpaired) electrons. The van der Waals surface area contributed by atoms with Gasteiger partial charge in [-0.15, -0.1) is 0 Å². The van der Waals surface area contributed by atoms with Gasteiger partial charge < -0.3 is 10.4 Å². The quantitative estimate of drug-likeness (QED) is 0.529. The summed E-state index contributed by atoms with van der Waals surface area (Å²) < 4.78 is 49.9. The van der Waals surface area contributed by atoms with Crippen LogP contribution in [0.2, 0.25) is 5.02 Å². The van der Waals surface area contributed by atoms with Crippen LogP contribution in [0.25, 0.3) is 0 Å². The number of hydrogen-bond donors (Lipinski definition) is 4. The second-order valence-electron chi connectivity index (χ2n) is 5.21. The molecule has 11 heteroatoms. The summed E-state index contributed by atoms with van der Waals surface area (Å²) in [4.78, 5) is -0.649. The summed E-state index contributed by atoms with van der Waals surface area (Å²) in [5.74, 6) is 0. The van der Waals surface area contributed by atoms with Crippen LogP contribution in [-0.2, 0) is 20.0 Å². The van der Waals surface area contributed by atoms with Gasteiger partial charge >= 0.3 is 0 Å². The van der Waals surface area contributed by atoms with E-state index in [1.54, 1.807) is 0 Å². The normalized spacial score (nSPS) is 19.9. The maximum atomic E-state index is 12.3. The molecule has 0 aliphatic carbocycles. The number of rotatable bonds is 6. The number of nitrogens with one attached hydrogen (secondary N) is 2. The zero-order chi connectivity index (χ0) is 17.3. The van der Waals surface area contributed by atoms with E-state index in [1.807, 2.05) is 0 Å². The molecule has 1 aromatic rings. The molecule has 1 atom stereocenters. The Labute approximate surface area is 140 Å². The number of hydrogen-bond acceptors (Lipinski definition) is 6. The average molecular weight is 384 g/mol. The van der Waals surface area contributed by atoms with Crippen LogP contribution in [-0.4, -0.2) is 34.7 Å². The van der Waals surface area contributed by atoms with Crippen LogP contribution in [0.3, 0.4) is 0 Å². The first-order valence-electron chi connectivity index (χ1n) is 6.91. The number of anilines is 1. The van der Waals surface area contributed by atoms with E-state index in [0.29, 0.717) is 12.8 Å². The van der Waals surface area contributed by atoms with E-state index < -0.39 is 31.1 Å². The fraction of sp³-hybridized carbons (Fsp3) is 0.500. The summed E-state index contributed by atoms with van der Waals surface area (Å²) in [6.45, 7) is 0.0958. The van der Waals surface area contributed by atoms with Crippen molar-refractivity contribution < 1.29 is 21.9 Å². The Balaban J connectivity index is 2.30. The maximum Gasteiger partial charge on any atom is 0.244 e. The van der Waals surface area contributed by atoms with Crippen LogP contribution in [0.5, 0.6) is 0 Å². The fourth-order valence-electron chi connectivity index (χ4n) is 2.32. The van der Waals surface area contributed by atoms with Gasteiger partial charge in [0.1, 0.15) is 9.79 Å². The Morgan fingerprint density at radius 2 is 1.96 bits per heavy atom. The van der Waals surface area contributed by atoms with Crippen molar-refractivity contribution in [3.63, 3.8) is 0 Å². The number of aliphatic hydroxyl groups is 1. The number of unbranched alkanes of at least 4 members (excludes halogenated alkanes) is 2. The topological polar surface area (TPSA) is 139 Å². The molecule has 0 saturated heterocycles. The first-order valence-corrected chi connectivity index (χ1v) is 10.3.